The lowest BCUT2D eigenvalue weighted by molar-refractivity contribution is -0.135. The largest absolute Gasteiger partial charge is 0.339 e. The monoisotopic (exact) mass is 212 g/mol. The van der Waals surface area contributed by atoms with Gasteiger partial charge in [-0.3, -0.25) is 9.59 Å². The van der Waals surface area contributed by atoms with E-state index in [1.54, 1.807) is 16.7 Å². The van der Waals surface area contributed by atoms with Gasteiger partial charge >= 0.3 is 0 Å². The predicted molar refractivity (Wildman–Crippen MR) is 60.4 cm³/mol. The molecule has 0 aromatic heterocycles. The summed E-state index contributed by atoms with van der Waals surface area (Å²) < 4.78 is 0. The number of carbonyl (C=O) groups is 2. The van der Waals surface area contributed by atoms with Crippen molar-refractivity contribution in [3.8, 4) is 0 Å². The van der Waals surface area contributed by atoms with E-state index in [0.29, 0.717) is 26.2 Å². The second-order valence-electron chi connectivity index (χ2n) is 3.04. The second-order valence-corrected chi connectivity index (χ2v) is 3.04. The molecule has 4 nitrogen and oxygen atoms in total. The molecule has 0 spiro atoms. The van der Waals surface area contributed by atoms with E-state index in [0.717, 1.165) is 0 Å². The van der Waals surface area contributed by atoms with Gasteiger partial charge in [0.2, 0.25) is 11.8 Å². The molecule has 0 radical (unpaired) electrons. The SMILES string of the molecule is C=CC(=O)N1CCN(C(C)=O)CC1.CC. The van der Waals surface area contributed by atoms with Crippen molar-refractivity contribution in [2.24, 2.45) is 0 Å². The molecule has 0 atom stereocenters. The molecule has 4 heteroatoms. The molecule has 0 saturated carbocycles. The molecule has 1 aliphatic heterocycles. The summed E-state index contributed by atoms with van der Waals surface area (Å²) in [5.74, 6) is 0.0221. The summed E-state index contributed by atoms with van der Waals surface area (Å²) in [5.41, 5.74) is 0. The Morgan fingerprint density at radius 1 is 1.07 bits per heavy atom. The van der Waals surface area contributed by atoms with Crippen LogP contribution in [-0.4, -0.2) is 47.8 Å². The summed E-state index contributed by atoms with van der Waals surface area (Å²) in [7, 11) is 0. The molecule has 2 amide bonds. The molecule has 0 unspecified atom stereocenters. The van der Waals surface area contributed by atoms with E-state index in [9.17, 15) is 9.59 Å². The number of amides is 2. The zero-order valence-corrected chi connectivity index (χ0v) is 9.82. The van der Waals surface area contributed by atoms with E-state index in [2.05, 4.69) is 6.58 Å². The molecular formula is C11H20N2O2. The molecule has 0 N–H and O–H groups in total. The summed E-state index contributed by atoms with van der Waals surface area (Å²) in [6.45, 7) is 11.5. The smallest absolute Gasteiger partial charge is 0.246 e. The highest BCUT2D eigenvalue weighted by Gasteiger charge is 2.20. The van der Waals surface area contributed by atoms with Crippen LogP contribution in [0.15, 0.2) is 12.7 Å². The Bertz CT molecular complexity index is 231. The Morgan fingerprint density at radius 3 is 1.80 bits per heavy atom. The van der Waals surface area contributed by atoms with Crippen molar-refractivity contribution < 1.29 is 9.59 Å². The van der Waals surface area contributed by atoms with Crippen molar-refractivity contribution in [2.45, 2.75) is 20.8 Å². The molecule has 1 heterocycles. The lowest BCUT2D eigenvalue weighted by atomic mass is 10.3. The van der Waals surface area contributed by atoms with E-state index >= 15 is 0 Å². The van der Waals surface area contributed by atoms with Gasteiger partial charge in [-0.15, -0.1) is 0 Å². The Kier molecular flexibility index (Phi) is 6.42. The van der Waals surface area contributed by atoms with Gasteiger partial charge in [0.05, 0.1) is 0 Å². The van der Waals surface area contributed by atoms with Crippen LogP contribution in [0.25, 0.3) is 0 Å². The van der Waals surface area contributed by atoms with E-state index < -0.39 is 0 Å². The van der Waals surface area contributed by atoms with E-state index in [4.69, 9.17) is 0 Å². The quantitative estimate of drug-likeness (QED) is 0.606. The molecule has 1 fully saturated rings. The standard InChI is InChI=1S/C9H14N2O2.C2H6/c1-3-9(13)11-6-4-10(5-7-11)8(2)12;1-2/h3H,1,4-7H2,2H3;1-2H3. The van der Waals surface area contributed by atoms with Crippen LogP contribution < -0.4 is 0 Å². The zero-order valence-electron chi connectivity index (χ0n) is 9.82. The molecule has 1 rings (SSSR count). The maximum absolute atomic E-state index is 11.1. The highest BCUT2D eigenvalue weighted by molar-refractivity contribution is 5.87. The summed E-state index contributed by atoms with van der Waals surface area (Å²) >= 11 is 0. The number of piperazine rings is 1. The minimum atomic E-state index is -0.0526. The third kappa shape index (κ3) is 4.14. The topological polar surface area (TPSA) is 40.6 Å². The van der Waals surface area contributed by atoms with Crippen LogP contribution in [0.1, 0.15) is 20.8 Å². The number of rotatable bonds is 1. The maximum atomic E-state index is 11.1. The van der Waals surface area contributed by atoms with Crippen molar-refractivity contribution in [3.05, 3.63) is 12.7 Å². The fraction of sp³-hybridized carbons (Fsp3) is 0.636. The van der Waals surface area contributed by atoms with Crippen LogP contribution >= 0.6 is 0 Å². The fourth-order valence-electron chi connectivity index (χ4n) is 1.37. The van der Waals surface area contributed by atoms with Gasteiger partial charge in [0.1, 0.15) is 0 Å². The highest BCUT2D eigenvalue weighted by atomic mass is 16.2. The molecule has 0 aromatic carbocycles. The number of carbonyl (C=O) groups excluding carboxylic acids is 2. The molecule has 86 valence electrons. The van der Waals surface area contributed by atoms with Crippen LogP contribution in [0.2, 0.25) is 0 Å². The Hall–Kier alpha value is -1.32. The first kappa shape index (κ1) is 13.7. The molecule has 0 aromatic rings. The highest BCUT2D eigenvalue weighted by Crippen LogP contribution is 2.02. The summed E-state index contributed by atoms with van der Waals surface area (Å²) in [6.07, 6.45) is 1.31. The van der Waals surface area contributed by atoms with Gasteiger partial charge < -0.3 is 9.80 Å². The van der Waals surface area contributed by atoms with Gasteiger partial charge in [-0.25, -0.2) is 0 Å². The van der Waals surface area contributed by atoms with Crippen LogP contribution in [0.3, 0.4) is 0 Å². The summed E-state index contributed by atoms with van der Waals surface area (Å²) in [4.78, 5) is 25.5. The molecule has 1 aliphatic rings. The molecular weight excluding hydrogens is 192 g/mol. The Balaban J connectivity index is 0.000000921. The van der Waals surface area contributed by atoms with Crippen molar-refractivity contribution in [1.29, 1.82) is 0 Å². The van der Waals surface area contributed by atoms with Crippen molar-refractivity contribution in [1.82, 2.24) is 9.80 Å². The van der Waals surface area contributed by atoms with Crippen molar-refractivity contribution >= 4 is 11.8 Å². The maximum Gasteiger partial charge on any atom is 0.246 e. The van der Waals surface area contributed by atoms with Gasteiger partial charge in [-0.05, 0) is 6.08 Å². The normalized spacial score (nSPS) is 15.1. The average Bonchev–Trinajstić information content (AvgIpc) is 2.31. The van der Waals surface area contributed by atoms with Crippen LogP contribution in [-0.2, 0) is 9.59 Å². The first-order valence-corrected chi connectivity index (χ1v) is 5.32. The van der Waals surface area contributed by atoms with Crippen LogP contribution in [0, 0.1) is 0 Å². The third-order valence-electron chi connectivity index (χ3n) is 2.21. The summed E-state index contributed by atoms with van der Waals surface area (Å²) in [5, 5.41) is 0. The first-order chi connectivity index (χ1) is 7.15. The first-order valence-electron chi connectivity index (χ1n) is 5.32. The number of hydrogen-bond donors (Lipinski definition) is 0. The van der Waals surface area contributed by atoms with E-state index in [1.807, 2.05) is 13.8 Å². The zero-order chi connectivity index (χ0) is 11.8. The van der Waals surface area contributed by atoms with Gasteiger partial charge in [-0.2, -0.15) is 0 Å². The number of nitrogens with zero attached hydrogens (tertiary/aromatic N) is 2. The van der Waals surface area contributed by atoms with E-state index in [-0.39, 0.29) is 11.8 Å². The van der Waals surface area contributed by atoms with Crippen LogP contribution in [0.4, 0.5) is 0 Å². The predicted octanol–water partition coefficient (Wildman–Crippen LogP) is 0.889. The van der Waals surface area contributed by atoms with Gasteiger partial charge in [0.15, 0.2) is 0 Å². The summed E-state index contributed by atoms with van der Waals surface area (Å²) in [6, 6.07) is 0. The Morgan fingerprint density at radius 2 is 1.47 bits per heavy atom. The molecule has 15 heavy (non-hydrogen) atoms. The minimum absolute atomic E-state index is 0.0526. The van der Waals surface area contributed by atoms with Gasteiger partial charge in [-0.1, -0.05) is 20.4 Å². The minimum Gasteiger partial charge on any atom is -0.339 e. The third-order valence-corrected chi connectivity index (χ3v) is 2.21. The number of hydrogen-bond acceptors (Lipinski definition) is 2. The van der Waals surface area contributed by atoms with Crippen molar-refractivity contribution in [3.63, 3.8) is 0 Å². The molecule has 0 aliphatic carbocycles. The van der Waals surface area contributed by atoms with E-state index in [1.165, 1.54) is 6.08 Å². The van der Waals surface area contributed by atoms with Crippen molar-refractivity contribution in [2.75, 3.05) is 26.2 Å². The molecule has 1 saturated heterocycles. The van der Waals surface area contributed by atoms with Crippen LogP contribution in [0.5, 0.6) is 0 Å². The average molecular weight is 212 g/mol. The molecule has 0 bridgehead atoms. The fourth-order valence-corrected chi connectivity index (χ4v) is 1.37. The lowest BCUT2D eigenvalue weighted by Crippen LogP contribution is -2.49. The van der Waals surface area contributed by atoms with Gasteiger partial charge in [0.25, 0.3) is 0 Å². The Labute approximate surface area is 91.5 Å². The lowest BCUT2D eigenvalue weighted by Gasteiger charge is -2.33. The second kappa shape index (κ2) is 7.04. The van der Waals surface area contributed by atoms with Gasteiger partial charge in [0, 0.05) is 33.1 Å².